The maximum atomic E-state index is 12.3. The summed E-state index contributed by atoms with van der Waals surface area (Å²) < 4.78 is 6.11. The van der Waals surface area contributed by atoms with Crippen LogP contribution in [0.25, 0.3) is 0 Å². The monoisotopic (exact) mass is 367 g/mol. The van der Waals surface area contributed by atoms with E-state index in [1.807, 2.05) is 13.0 Å². The van der Waals surface area contributed by atoms with Gasteiger partial charge in [0.2, 0.25) is 5.88 Å². The Hall–Kier alpha value is -3.40. The van der Waals surface area contributed by atoms with Crippen LogP contribution < -0.4 is 5.56 Å². The summed E-state index contributed by atoms with van der Waals surface area (Å²) in [5, 5.41) is 19.7. The Morgan fingerprint density at radius 2 is 2.00 bits per heavy atom. The number of nitrogens with zero attached hydrogens (tertiary/aromatic N) is 3. The molecule has 27 heavy (non-hydrogen) atoms. The summed E-state index contributed by atoms with van der Waals surface area (Å²) in [4.78, 5) is 28.3. The zero-order chi connectivity index (χ0) is 20.0. The standard InChI is InChI=1S/C20H21N3O4/c1-4-10-23-18(24)16(11-21)13(3)17(19(23)25)12-22-15-8-6-14(7-9-15)20(26)27-5-2/h6-9,12,25H,4-5,10H2,1-3H3. The van der Waals surface area contributed by atoms with E-state index in [0.717, 1.165) is 0 Å². The van der Waals surface area contributed by atoms with Crippen LogP contribution in [0, 0.1) is 18.3 Å². The summed E-state index contributed by atoms with van der Waals surface area (Å²) in [7, 11) is 0. The van der Waals surface area contributed by atoms with Gasteiger partial charge < -0.3 is 9.84 Å². The van der Waals surface area contributed by atoms with E-state index in [2.05, 4.69) is 4.99 Å². The number of aromatic hydroxyl groups is 1. The van der Waals surface area contributed by atoms with Crippen LogP contribution in [0.15, 0.2) is 34.1 Å². The summed E-state index contributed by atoms with van der Waals surface area (Å²) >= 11 is 0. The second-order valence-corrected chi connectivity index (χ2v) is 5.83. The molecule has 1 aromatic carbocycles. The van der Waals surface area contributed by atoms with Crippen LogP contribution in [0.4, 0.5) is 5.69 Å². The molecule has 0 spiro atoms. The van der Waals surface area contributed by atoms with Crippen molar-refractivity contribution in [1.29, 1.82) is 5.26 Å². The fraction of sp³-hybridized carbons (Fsp3) is 0.300. The number of rotatable bonds is 6. The van der Waals surface area contributed by atoms with Gasteiger partial charge in [-0.05, 0) is 50.1 Å². The fourth-order valence-electron chi connectivity index (χ4n) is 2.59. The highest BCUT2D eigenvalue weighted by molar-refractivity contribution is 5.90. The molecule has 0 aliphatic rings. The Labute approximate surface area is 157 Å². The zero-order valence-corrected chi connectivity index (χ0v) is 15.5. The average Bonchev–Trinajstić information content (AvgIpc) is 2.66. The van der Waals surface area contributed by atoms with E-state index < -0.39 is 11.5 Å². The molecule has 7 nitrogen and oxygen atoms in total. The van der Waals surface area contributed by atoms with Gasteiger partial charge >= 0.3 is 5.97 Å². The predicted octanol–water partition coefficient (Wildman–Crippen LogP) is 3.07. The van der Waals surface area contributed by atoms with Crippen molar-refractivity contribution in [1.82, 2.24) is 4.57 Å². The van der Waals surface area contributed by atoms with Gasteiger partial charge in [0.15, 0.2) is 0 Å². The van der Waals surface area contributed by atoms with Crippen molar-refractivity contribution in [3.63, 3.8) is 0 Å². The van der Waals surface area contributed by atoms with E-state index in [1.165, 1.54) is 10.8 Å². The summed E-state index contributed by atoms with van der Waals surface area (Å²) in [6.07, 6.45) is 2.05. The Morgan fingerprint density at radius 3 is 2.56 bits per heavy atom. The lowest BCUT2D eigenvalue weighted by Gasteiger charge is -2.13. The smallest absolute Gasteiger partial charge is 0.338 e. The highest BCUT2D eigenvalue weighted by atomic mass is 16.5. The van der Waals surface area contributed by atoms with E-state index >= 15 is 0 Å². The first-order valence-corrected chi connectivity index (χ1v) is 8.62. The van der Waals surface area contributed by atoms with Gasteiger partial charge in [-0.15, -0.1) is 0 Å². The van der Waals surface area contributed by atoms with Crippen molar-refractivity contribution in [2.45, 2.75) is 33.7 Å². The Balaban J connectivity index is 2.42. The minimum absolute atomic E-state index is 0.0136. The molecule has 140 valence electrons. The molecule has 0 aliphatic heterocycles. The van der Waals surface area contributed by atoms with Crippen LogP contribution in [-0.4, -0.2) is 28.5 Å². The first kappa shape index (κ1) is 19.9. The summed E-state index contributed by atoms with van der Waals surface area (Å²) in [5.74, 6) is -0.628. The zero-order valence-electron chi connectivity index (χ0n) is 15.5. The molecule has 2 aromatic rings. The number of ether oxygens (including phenoxy) is 1. The van der Waals surface area contributed by atoms with Crippen molar-refractivity contribution in [3.8, 4) is 11.9 Å². The number of aliphatic imine (C=N–C) groups is 1. The summed E-state index contributed by atoms with van der Waals surface area (Å²) in [6, 6.07) is 8.37. The third kappa shape index (κ3) is 4.23. The average molecular weight is 367 g/mol. The topological polar surface area (TPSA) is 105 Å². The van der Waals surface area contributed by atoms with E-state index in [0.29, 0.717) is 42.0 Å². The minimum atomic E-state index is -0.509. The Morgan fingerprint density at radius 1 is 1.33 bits per heavy atom. The van der Waals surface area contributed by atoms with Crippen LogP contribution in [0.5, 0.6) is 5.88 Å². The number of benzene rings is 1. The molecule has 7 heteroatoms. The van der Waals surface area contributed by atoms with Crippen LogP contribution in [0.2, 0.25) is 0 Å². The molecule has 1 heterocycles. The van der Waals surface area contributed by atoms with Crippen molar-refractivity contribution in [2.75, 3.05) is 6.61 Å². The number of carbonyl (C=O) groups excluding carboxylic acids is 1. The van der Waals surface area contributed by atoms with Crippen LogP contribution in [0.1, 0.15) is 47.3 Å². The largest absolute Gasteiger partial charge is 0.494 e. The molecule has 0 unspecified atom stereocenters. The molecule has 0 amide bonds. The molecule has 1 N–H and O–H groups in total. The van der Waals surface area contributed by atoms with Gasteiger partial charge in [-0.1, -0.05) is 6.92 Å². The van der Waals surface area contributed by atoms with Crippen molar-refractivity contribution in [3.05, 3.63) is 56.9 Å². The van der Waals surface area contributed by atoms with Crippen molar-refractivity contribution >= 4 is 17.9 Å². The molecule has 0 fully saturated rings. The van der Waals surface area contributed by atoms with E-state index in [9.17, 15) is 20.0 Å². The number of pyridine rings is 1. The number of esters is 1. The molecule has 0 radical (unpaired) electrons. The highest BCUT2D eigenvalue weighted by Gasteiger charge is 2.17. The van der Waals surface area contributed by atoms with Gasteiger partial charge in [0.25, 0.3) is 5.56 Å². The normalized spacial score (nSPS) is 10.7. The molecular weight excluding hydrogens is 346 g/mol. The van der Waals surface area contributed by atoms with Gasteiger partial charge in [0.05, 0.1) is 23.4 Å². The molecule has 0 atom stereocenters. The van der Waals surface area contributed by atoms with Gasteiger partial charge in [-0.3, -0.25) is 14.4 Å². The lowest BCUT2D eigenvalue weighted by molar-refractivity contribution is 0.0526. The summed E-state index contributed by atoms with van der Waals surface area (Å²) in [6.45, 7) is 5.80. The first-order chi connectivity index (χ1) is 12.9. The molecule has 2 rings (SSSR count). The molecular formula is C20H21N3O4. The number of nitriles is 1. The summed E-state index contributed by atoms with van der Waals surface area (Å²) in [5.41, 5.74) is 1.13. The van der Waals surface area contributed by atoms with Crippen LogP contribution in [0.3, 0.4) is 0 Å². The van der Waals surface area contributed by atoms with Gasteiger partial charge in [0, 0.05) is 12.8 Å². The van der Waals surface area contributed by atoms with E-state index in [-0.39, 0.29) is 11.4 Å². The van der Waals surface area contributed by atoms with E-state index in [1.54, 1.807) is 38.1 Å². The maximum absolute atomic E-state index is 12.3. The molecule has 0 saturated carbocycles. The number of hydrogen-bond acceptors (Lipinski definition) is 6. The van der Waals surface area contributed by atoms with E-state index in [4.69, 9.17) is 4.74 Å². The maximum Gasteiger partial charge on any atom is 0.338 e. The van der Waals surface area contributed by atoms with Gasteiger partial charge in [-0.25, -0.2) is 4.79 Å². The Kier molecular flexibility index (Phi) is 6.50. The van der Waals surface area contributed by atoms with Crippen LogP contribution in [-0.2, 0) is 11.3 Å². The molecule has 0 saturated heterocycles. The van der Waals surface area contributed by atoms with Crippen LogP contribution >= 0.6 is 0 Å². The lowest BCUT2D eigenvalue weighted by Crippen LogP contribution is -2.25. The highest BCUT2D eigenvalue weighted by Crippen LogP contribution is 2.22. The SMILES string of the molecule is CCCn1c(O)c(C=Nc2ccc(C(=O)OCC)cc2)c(C)c(C#N)c1=O. The third-order valence-corrected chi connectivity index (χ3v) is 4.01. The van der Waals surface area contributed by atoms with Crippen molar-refractivity contribution in [2.24, 2.45) is 4.99 Å². The predicted molar refractivity (Wildman–Crippen MR) is 102 cm³/mol. The lowest BCUT2D eigenvalue weighted by atomic mass is 10.1. The molecule has 0 bridgehead atoms. The number of hydrogen-bond donors (Lipinski definition) is 1. The van der Waals surface area contributed by atoms with Gasteiger partial charge in [-0.2, -0.15) is 5.26 Å². The second-order valence-electron chi connectivity index (χ2n) is 5.83. The van der Waals surface area contributed by atoms with Crippen molar-refractivity contribution < 1.29 is 14.6 Å². The fourth-order valence-corrected chi connectivity index (χ4v) is 2.59. The Bertz CT molecular complexity index is 967. The minimum Gasteiger partial charge on any atom is -0.494 e. The molecule has 1 aromatic heterocycles. The second kappa shape index (κ2) is 8.81. The first-order valence-electron chi connectivity index (χ1n) is 8.62. The number of aromatic nitrogens is 1. The molecule has 0 aliphatic carbocycles. The third-order valence-electron chi connectivity index (χ3n) is 4.01. The quantitative estimate of drug-likeness (QED) is 0.624. The van der Waals surface area contributed by atoms with Gasteiger partial charge in [0.1, 0.15) is 11.6 Å². The number of carbonyl (C=O) groups is 1.